The molecule has 2 saturated carbocycles. The summed E-state index contributed by atoms with van der Waals surface area (Å²) in [6, 6.07) is 16.3. The van der Waals surface area contributed by atoms with E-state index in [2.05, 4.69) is 10.6 Å². The number of nitrogens with two attached hydrogens (primary N) is 1. The lowest BCUT2D eigenvalue weighted by Crippen LogP contribution is -2.41. The molecule has 4 heterocycles. The van der Waals surface area contributed by atoms with Crippen LogP contribution < -0.4 is 5.73 Å². The predicted molar refractivity (Wildman–Crippen MR) is 155 cm³/mol. The second-order valence-electron chi connectivity index (χ2n) is 12.0. The second-order valence-corrected chi connectivity index (χ2v) is 12.0. The summed E-state index contributed by atoms with van der Waals surface area (Å²) in [5, 5.41) is 11.8. The van der Waals surface area contributed by atoms with Gasteiger partial charge < -0.3 is 24.7 Å². The zero-order chi connectivity index (χ0) is 28.0. The lowest BCUT2D eigenvalue weighted by molar-refractivity contribution is 0.0700. The Morgan fingerprint density at radius 2 is 1.98 bits per heavy atom. The smallest absolute Gasteiger partial charge is 0.254 e. The first-order valence-corrected chi connectivity index (χ1v) is 14.5. The maximum Gasteiger partial charge on any atom is 0.254 e. The first-order valence-electron chi connectivity index (χ1n) is 14.5. The zero-order valence-corrected chi connectivity index (χ0v) is 22.8. The molecule has 8 rings (SSSR count). The fourth-order valence-electron chi connectivity index (χ4n) is 6.98. The van der Waals surface area contributed by atoms with Gasteiger partial charge in [-0.05, 0) is 86.9 Å². The van der Waals surface area contributed by atoms with E-state index in [1.54, 1.807) is 18.2 Å². The monoisotopic (exact) mass is 550 g/mol. The number of hydrogen-bond donors (Lipinski definition) is 2. The van der Waals surface area contributed by atoms with Crippen LogP contribution in [0.1, 0.15) is 41.6 Å². The van der Waals surface area contributed by atoms with Crippen molar-refractivity contribution in [1.82, 2.24) is 14.5 Å². The molecule has 1 amide bonds. The largest absolute Gasteiger partial charge is 0.505 e. The van der Waals surface area contributed by atoms with Crippen LogP contribution in [0.2, 0.25) is 0 Å². The summed E-state index contributed by atoms with van der Waals surface area (Å²) in [6.45, 7) is 3.56. The minimum Gasteiger partial charge on any atom is -0.505 e. The average Bonchev–Trinajstić information content (AvgIpc) is 3.39. The van der Waals surface area contributed by atoms with E-state index >= 15 is 0 Å². The van der Waals surface area contributed by atoms with Gasteiger partial charge in [-0.2, -0.15) is 0 Å². The van der Waals surface area contributed by atoms with Gasteiger partial charge >= 0.3 is 0 Å². The number of furan rings is 1. The highest BCUT2D eigenvalue weighted by Gasteiger charge is 2.46. The molecule has 41 heavy (non-hydrogen) atoms. The molecular formula is C33H31FN4O3. The van der Waals surface area contributed by atoms with Crippen molar-refractivity contribution in [2.45, 2.75) is 51.2 Å². The number of phenols is 1. The number of amides is 1. The van der Waals surface area contributed by atoms with Crippen molar-refractivity contribution in [3.8, 4) is 28.5 Å². The Morgan fingerprint density at radius 3 is 2.73 bits per heavy atom. The van der Waals surface area contributed by atoms with Crippen molar-refractivity contribution < 1.29 is 18.7 Å². The molecule has 0 radical (unpaired) electrons. The van der Waals surface area contributed by atoms with E-state index in [0.29, 0.717) is 28.7 Å². The van der Waals surface area contributed by atoms with Gasteiger partial charge in [-0.25, -0.2) is 9.37 Å². The average molecular weight is 551 g/mol. The fourth-order valence-corrected chi connectivity index (χ4v) is 6.98. The van der Waals surface area contributed by atoms with Gasteiger partial charge in [0, 0.05) is 52.6 Å². The van der Waals surface area contributed by atoms with Crippen LogP contribution in [0.4, 0.5) is 4.39 Å². The number of aromatic nitrogens is 2. The molecule has 3 fully saturated rings. The lowest BCUT2D eigenvalue weighted by atomic mass is 10.1. The Bertz CT molecular complexity index is 1870. The van der Waals surface area contributed by atoms with E-state index in [0.717, 1.165) is 72.2 Å². The minimum absolute atomic E-state index is 0.0175. The number of pyridine rings is 1. The van der Waals surface area contributed by atoms with Crippen molar-refractivity contribution >= 4 is 27.9 Å². The molecule has 2 aliphatic carbocycles. The number of fused-ring (bicyclic) bond motifs is 4. The SMILES string of the molecule is Cc1c(-c2cc3ccc(-c4cccc(O)c4F)nc3n2CC2CC2)oc2cc(C(=O)N3CC4CCC3[C@@H]4N)ccc12. The molecule has 3 atom stereocenters. The highest BCUT2D eigenvalue weighted by atomic mass is 19.1. The highest BCUT2D eigenvalue weighted by molar-refractivity contribution is 6.00. The number of halogens is 1. The summed E-state index contributed by atoms with van der Waals surface area (Å²) in [5.74, 6) is 0.649. The molecule has 1 aliphatic heterocycles. The number of aromatic hydroxyl groups is 1. The molecule has 2 unspecified atom stereocenters. The Balaban J connectivity index is 1.21. The number of nitrogens with zero attached hydrogens (tertiary/aromatic N) is 3. The highest BCUT2D eigenvalue weighted by Crippen LogP contribution is 2.41. The number of carbonyl (C=O) groups excluding carboxylic acids is 1. The second kappa shape index (κ2) is 8.91. The number of aryl methyl sites for hydroxylation is 1. The maximum atomic E-state index is 14.8. The third-order valence-electron chi connectivity index (χ3n) is 9.47. The molecule has 8 heteroatoms. The summed E-state index contributed by atoms with van der Waals surface area (Å²) >= 11 is 0. The van der Waals surface area contributed by atoms with Gasteiger partial charge in [0.1, 0.15) is 11.2 Å². The molecule has 3 aliphatic rings. The summed E-state index contributed by atoms with van der Waals surface area (Å²) in [6.07, 6.45) is 4.39. The number of phenolic OH excluding ortho intramolecular Hbond substituents is 1. The van der Waals surface area contributed by atoms with Crippen LogP contribution in [0.3, 0.4) is 0 Å². The topological polar surface area (TPSA) is 97.5 Å². The number of piperidine rings is 1. The van der Waals surface area contributed by atoms with E-state index in [4.69, 9.17) is 15.1 Å². The molecule has 0 spiro atoms. The van der Waals surface area contributed by atoms with Crippen LogP contribution >= 0.6 is 0 Å². The number of carbonyl (C=O) groups is 1. The van der Waals surface area contributed by atoms with Gasteiger partial charge in [0.15, 0.2) is 17.3 Å². The molecule has 3 aromatic heterocycles. The summed E-state index contributed by atoms with van der Waals surface area (Å²) in [4.78, 5) is 20.3. The molecule has 2 aromatic carbocycles. The van der Waals surface area contributed by atoms with Crippen molar-refractivity contribution in [2.24, 2.45) is 17.6 Å². The van der Waals surface area contributed by atoms with Crippen molar-refractivity contribution in [2.75, 3.05) is 6.54 Å². The maximum absolute atomic E-state index is 14.8. The standard InChI is InChI=1S/C33H31FN4O3/c1-17-22-10-7-20(33(40)38-16-21-9-12-25(38)30(21)35)14-28(22)41-31(17)26-13-19-8-11-24(23-3-2-4-27(39)29(23)34)36-32(19)37(26)15-18-5-6-18/h2-4,7-8,10-11,13-14,18,21,25,30,39H,5-6,9,12,15-16,35H2,1H3/t21?,25?,30-/m1/s1. The number of hydrogen-bond acceptors (Lipinski definition) is 5. The predicted octanol–water partition coefficient (Wildman–Crippen LogP) is 6.24. The van der Waals surface area contributed by atoms with Crippen molar-refractivity contribution in [3.05, 3.63) is 71.5 Å². The van der Waals surface area contributed by atoms with Crippen LogP contribution in [0, 0.1) is 24.6 Å². The van der Waals surface area contributed by atoms with Gasteiger partial charge in [-0.3, -0.25) is 4.79 Å². The van der Waals surface area contributed by atoms with Crippen LogP contribution in [0.25, 0.3) is 44.7 Å². The normalized spacial score (nSPS) is 21.9. The quantitative estimate of drug-likeness (QED) is 0.270. The number of benzene rings is 2. The summed E-state index contributed by atoms with van der Waals surface area (Å²) in [7, 11) is 0. The van der Waals surface area contributed by atoms with E-state index in [1.807, 2.05) is 36.1 Å². The van der Waals surface area contributed by atoms with Crippen LogP contribution in [0.5, 0.6) is 5.75 Å². The van der Waals surface area contributed by atoms with Gasteiger partial charge in [0.2, 0.25) is 0 Å². The van der Waals surface area contributed by atoms with E-state index < -0.39 is 11.6 Å². The van der Waals surface area contributed by atoms with Crippen molar-refractivity contribution in [3.63, 3.8) is 0 Å². The Kier molecular flexibility index (Phi) is 5.35. The third-order valence-corrected chi connectivity index (χ3v) is 9.47. The lowest BCUT2D eigenvalue weighted by Gasteiger charge is -2.27. The van der Waals surface area contributed by atoms with Crippen LogP contribution in [-0.4, -0.2) is 44.1 Å². The fraction of sp³-hybridized carbons (Fsp3) is 0.333. The molecule has 7 nitrogen and oxygen atoms in total. The van der Waals surface area contributed by atoms with Gasteiger partial charge in [-0.15, -0.1) is 0 Å². The molecule has 2 bridgehead atoms. The zero-order valence-electron chi connectivity index (χ0n) is 22.8. The Morgan fingerprint density at radius 1 is 1.12 bits per heavy atom. The molecule has 3 N–H and O–H groups in total. The molecule has 5 aromatic rings. The minimum atomic E-state index is -0.679. The Labute approximate surface area is 236 Å². The van der Waals surface area contributed by atoms with E-state index in [9.17, 15) is 14.3 Å². The van der Waals surface area contributed by atoms with Gasteiger partial charge in [0.25, 0.3) is 5.91 Å². The molecule has 1 saturated heterocycles. The number of likely N-dealkylation sites (tertiary alicyclic amines) is 1. The van der Waals surface area contributed by atoms with Crippen molar-refractivity contribution in [1.29, 1.82) is 0 Å². The summed E-state index contributed by atoms with van der Waals surface area (Å²) in [5.41, 5.74) is 11.1. The summed E-state index contributed by atoms with van der Waals surface area (Å²) < 4.78 is 23.4. The van der Waals surface area contributed by atoms with Gasteiger partial charge in [-0.1, -0.05) is 12.1 Å². The van der Waals surface area contributed by atoms with Gasteiger partial charge in [0.05, 0.1) is 11.4 Å². The van der Waals surface area contributed by atoms with Crippen LogP contribution in [-0.2, 0) is 6.54 Å². The molecular weight excluding hydrogens is 519 g/mol. The van der Waals surface area contributed by atoms with E-state index in [1.165, 1.54) is 6.07 Å². The van der Waals surface area contributed by atoms with Crippen LogP contribution in [0.15, 0.2) is 59.0 Å². The first kappa shape index (κ1) is 24.6. The first-order chi connectivity index (χ1) is 19.9. The van der Waals surface area contributed by atoms with E-state index in [-0.39, 0.29) is 23.6 Å². The molecule has 208 valence electrons. The number of rotatable bonds is 5. The third kappa shape index (κ3) is 3.80. The Hall–Kier alpha value is -4.17.